The minimum Gasteiger partial charge on any atom is -0.497 e. The SMILES string of the molecule is C=C[C@@H]1C[C@]1(NC(=O)[C@@H]1C[C@@H](Oc2cc(-c3csc(NC4CCCC4)n3)nc3cc(OC)ccc23)CN1C(=O)[C@@H](NC(=O)OC1CCCC1)C1CCCCC1)C(=O)O. The summed E-state index contributed by atoms with van der Waals surface area (Å²) in [6, 6.07) is 5.79. The van der Waals surface area contributed by atoms with Crippen molar-refractivity contribution in [1.82, 2.24) is 25.5 Å². The monoisotopic (exact) mass is 814 g/mol. The molecule has 14 nitrogen and oxygen atoms in total. The first-order valence-electron chi connectivity index (χ1n) is 21.0. The fourth-order valence-corrected chi connectivity index (χ4v) is 10.2. The summed E-state index contributed by atoms with van der Waals surface area (Å²) in [7, 11) is 1.59. The third-order valence-electron chi connectivity index (χ3n) is 12.8. The molecule has 3 amide bonds. The van der Waals surface area contributed by atoms with Gasteiger partial charge in [-0.05, 0) is 75.8 Å². The third-order valence-corrected chi connectivity index (χ3v) is 13.6. The number of amides is 3. The minimum atomic E-state index is -1.49. The number of nitrogens with one attached hydrogen (secondary N) is 3. The van der Waals surface area contributed by atoms with Crippen molar-refractivity contribution in [3.8, 4) is 22.9 Å². The van der Waals surface area contributed by atoms with Gasteiger partial charge in [0.05, 0.1) is 24.9 Å². The molecular formula is C43H54N6O8S. The highest BCUT2D eigenvalue weighted by molar-refractivity contribution is 7.14. The van der Waals surface area contributed by atoms with Crippen LogP contribution in [0.2, 0.25) is 0 Å². The first-order chi connectivity index (χ1) is 28.1. The number of hydrogen-bond donors (Lipinski definition) is 4. The summed E-state index contributed by atoms with van der Waals surface area (Å²) >= 11 is 1.53. The van der Waals surface area contributed by atoms with E-state index in [4.69, 9.17) is 24.2 Å². The second-order valence-electron chi connectivity index (χ2n) is 16.7. The summed E-state index contributed by atoms with van der Waals surface area (Å²) in [6.45, 7) is 3.80. The molecule has 1 aliphatic heterocycles. The number of pyridine rings is 1. The first-order valence-corrected chi connectivity index (χ1v) is 21.9. The second-order valence-corrected chi connectivity index (χ2v) is 17.5. The van der Waals surface area contributed by atoms with Gasteiger partial charge in [-0.2, -0.15) is 0 Å². The van der Waals surface area contributed by atoms with Gasteiger partial charge in [-0.15, -0.1) is 17.9 Å². The van der Waals surface area contributed by atoms with Crippen LogP contribution < -0.4 is 25.4 Å². The molecule has 8 rings (SSSR count). The number of carbonyl (C=O) groups is 4. The molecule has 58 heavy (non-hydrogen) atoms. The molecule has 3 heterocycles. The van der Waals surface area contributed by atoms with Crippen LogP contribution in [0.1, 0.15) is 96.3 Å². The Bertz CT molecular complexity index is 2020. The van der Waals surface area contributed by atoms with E-state index < -0.39 is 53.5 Å². The maximum absolute atomic E-state index is 14.9. The number of thiazole rings is 1. The number of anilines is 1. The molecule has 1 aromatic carbocycles. The highest BCUT2D eigenvalue weighted by Crippen LogP contribution is 2.45. The van der Waals surface area contributed by atoms with Crippen LogP contribution in [0.15, 0.2) is 42.3 Å². The van der Waals surface area contributed by atoms with E-state index in [1.54, 1.807) is 7.11 Å². The van der Waals surface area contributed by atoms with Gasteiger partial charge in [0.15, 0.2) is 5.13 Å². The number of aliphatic carboxylic acids is 1. The molecule has 4 N–H and O–H groups in total. The van der Waals surface area contributed by atoms with Crippen LogP contribution in [0.4, 0.5) is 9.93 Å². The normalized spacial score (nSPS) is 25.6. The zero-order valence-corrected chi connectivity index (χ0v) is 33.9. The molecule has 4 saturated carbocycles. The highest BCUT2D eigenvalue weighted by atomic mass is 32.1. The number of nitrogens with zero attached hydrogens (tertiary/aromatic N) is 3. The first kappa shape index (κ1) is 39.9. The van der Waals surface area contributed by atoms with Crippen molar-refractivity contribution < 1.29 is 38.5 Å². The predicted octanol–water partition coefficient (Wildman–Crippen LogP) is 6.83. The summed E-state index contributed by atoms with van der Waals surface area (Å²) in [4.78, 5) is 66.2. The number of carbonyl (C=O) groups excluding carboxylic acids is 3. The van der Waals surface area contributed by atoms with E-state index in [0.717, 1.165) is 75.8 Å². The molecule has 15 heteroatoms. The minimum absolute atomic E-state index is 0.0336. The van der Waals surface area contributed by atoms with Crippen LogP contribution in [0, 0.1) is 11.8 Å². The molecule has 5 fully saturated rings. The van der Waals surface area contributed by atoms with Crippen molar-refractivity contribution in [2.45, 2.75) is 132 Å². The van der Waals surface area contributed by atoms with E-state index >= 15 is 0 Å². The molecule has 0 unspecified atom stereocenters. The number of methoxy groups -OCH3 is 1. The van der Waals surface area contributed by atoms with E-state index in [-0.39, 0.29) is 31.4 Å². The summed E-state index contributed by atoms with van der Waals surface area (Å²) in [5.41, 5.74) is 0.418. The van der Waals surface area contributed by atoms with Gasteiger partial charge in [0.2, 0.25) is 11.8 Å². The molecule has 3 aromatic rings. The lowest BCUT2D eigenvalue weighted by atomic mass is 9.83. The maximum Gasteiger partial charge on any atom is 0.408 e. The molecule has 2 aromatic heterocycles. The standard InChI is InChI=1S/C43H54N6O8S/c1-3-26-22-43(26,40(52)53)48-38(50)35-20-30(23-49(35)39(51)37(25-11-5-4-6-12-25)47-42(54)57-28-15-9-10-16-28)56-36-21-33(45-32-19-29(55-2)17-18-31(32)36)34-24-58-41(46-34)44-27-13-7-8-14-27/h3,17-19,21,24-28,30,35,37H,1,4-16,20,22-23H2,2H3,(H,44,46)(H,47,54)(H,48,50)(H,52,53)/t26-,30-,35+,37+,43-/m1/s1. The van der Waals surface area contributed by atoms with Gasteiger partial charge in [0, 0.05) is 41.3 Å². The van der Waals surface area contributed by atoms with Crippen molar-refractivity contribution in [3.05, 3.63) is 42.3 Å². The van der Waals surface area contributed by atoms with Crippen molar-refractivity contribution in [2.24, 2.45) is 11.8 Å². The smallest absolute Gasteiger partial charge is 0.408 e. The van der Waals surface area contributed by atoms with Gasteiger partial charge < -0.3 is 40.2 Å². The van der Waals surface area contributed by atoms with Crippen LogP contribution in [-0.4, -0.2) is 93.4 Å². The number of alkyl carbamates (subject to hydrolysis) is 1. The van der Waals surface area contributed by atoms with E-state index in [2.05, 4.69) is 22.5 Å². The lowest BCUT2D eigenvalue weighted by molar-refractivity contribution is -0.146. The number of aromatic nitrogens is 2. The van der Waals surface area contributed by atoms with E-state index in [1.165, 1.54) is 35.2 Å². The Labute approximate surface area is 342 Å². The van der Waals surface area contributed by atoms with E-state index in [9.17, 15) is 24.3 Å². The van der Waals surface area contributed by atoms with E-state index in [0.29, 0.717) is 39.8 Å². The maximum atomic E-state index is 14.9. The Morgan fingerprint density at radius 2 is 1.71 bits per heavy atom. The molecule has 1 saturated heterocycles. The predicted molar refractivity (Wildman–Crippen MR) is 219 cm³/mol. The lowest BCUT2D eigenvalue weighted by Gasteiger charge is -2.34. The van der Waals surface area contributed by atoms with Gasteiger partial charge in [0.25, 0.3) is 0 Å². The van der Waals surface area contributed by atoms with Gasteiger partial charge in [-0.1, -0.05) is 38.2 Å². The third kappa shape index (κ3) is 8.46. The van der Waals surface area contributed by atoms with Gasteiger partial charge in [-0.25, -0.2) is 19.6 Å². The lowest BCUT2D eigenvalue weighted by Crippen LogP contribution is -2.58. The molecule has 5 aliphatic rings. The Hall–Kier alpha value is -4.92. The number of benzene rings is 1. The number of carboxylic acid groups (broad SMARTS) is 1. The molecule has 0 bridgehead atoms. The van der Waals surface area contributed by atoms with E-state index in [1.807, 2.05) is 29.6 Å². The molecule has 0 radical (unpaired) electrons. The van der Waals surface area contributed by atoms with Gasteiger partial charge >= 0.3 is 12.1 Å². The fourth-order valence-electron chi connectivity index (χ4n) is 9.45. The summed E-state index contributed by atoms with van der Waals surface area (Å²) in [5, 5.41) is 23.0. The molecule has 310 valence electrons. The molecule has 4 aliphatic carbocycles. The fraction of sp³-hybridized carbons (Fsp3) is 0.581. The highest BCUT2D eigenvalue weighted by Gasteiger charge is 2.61. The molecular weight excluding hydrogens is 761 g/mol. The van der Waals surface area contributed by atoms with Crippen LogP contribution >= 0.6 is 11.3 Å². The summed E-state index contributed by atoms with van der Waals surface area (Å²) < 4.78 is 18.1. The molecule has 0 spiro atoms. The second kappa shape index (κ2) is 17.1. The van der Waals surface area contributed by atoms with Gasteiger partial charge in [-0.3, -0.25) is 9.59 Å². The zero-order chi connectivity index (χ0) is 40.4. The number of hydrogen-bond acceptors (Lipinski definition) is 11. The van der Waals surface area contributed by atoms with Crippen LogP contribution in [-0.2, 0) is 19.1 Å². The van der Waals surface area contributed by atoms with Crippen LogP contribution in [0.5, 0.6) is 11.5 Å². The van der Waals surface area contributed by atoms with Crippen LogP contribution in [0.25, 0.3) is 22.3 Å². The zero-order valence-electron chi connectivity index (χ0n) is 33.1. The van der Waals surface area contributed by atoms with Gasteiger partial charge in [0.1, 0.15) is 47.0 Å². The van der Waals surface area contributed by atoms with Crippen molar-refractivity contribution in [3.63, 3.8) is 0 Å². The summed E-state index contributed by atoms with van der Waals surface area (Å²) in [5.74, 6) is -1.61. The Kier molecular flexibility index (Phi) is 11.8. The quantitative estimate of drug-likeness (QED) is 0.125. The average molecular weight is 815 g/mol. The Morgan fingerprint density at radius 1 is 0.966 bits per heavy atom. The van der Waals surface area contributed by atoms with Crippen molar-refractivity contribution in [1.29, 1.82) is 0 Å². The van der Waals surface area contributed by atoms with Crippen molar-refractivity contribution in [2.75, 3.05) is 19.0 Å². The number of fused-ring (bicyclic) bond motifs is 1. The number of carboxylic acids is 1. The van der Waals surface area contributed by atoms with Crippen molar-refractivity contribution >= 4 is 51.2 Å². The Morgan fingerprint density at radius 3 is 2.41 bits per heavy atom. The topological polar surface area (TPSA) is 181 Å². The number of rotatable bonds is 14. The Balaban J connectivity index is 1.09. The largest absolute Gasteiger partial charge is 0.497 e. The average Bonchev–Trinajstić information content (AvgIpc) is 3.87. The number of ether oxygens (including phenoxy) is 3. The molecule has 5 atom stereocenters. The summed E-state index contributed by atoms with van der Waals surface area (Å²) in [6.07, 6.45) is 13.0. The number of likely N-dealkylation sites (tertiary alicyclic amines) is 1. The van der Waals surface area contributed by atoms with Crippen LogP contribution in [0.3, 0.4) is 0 Å².